The van der Waals surface area contributed by atoms with Gasteiger partial charge in [0.25, 0.3) is 0 Å². The molecule has 2 fully saturated rings. The summed E-state index contributed by atoms with van der Waals surface area (Å²) in [6, 6.07) is 0.538. The highest BCUT2D eigenvalue weighted by atomic mass is 16.6. The van der Waals surface area contributed by atoms with Gasteiger partial charge < -0.3 is 20.7 Å². The zero-order valence-electron chi connectivity index (χ0n) is 15.5. The fourth-order valence-electron chi connectivity index (χ4n) is 3.46. The molecular weight excluding hydrogens is 304 g/mol. The molecule has 0 aromatic carbocycles. The Morgan fingerprint density at radius 3 is 2.50 bits per heavy atom. The van der Waals surface area contributed by atoms with Crippen LogP contribution in [0.4, 0.5) is 4.79 Å². The lowest BCUT2D eigenvalue weighted by molar-refractivity contribution is 0.0110. The number of nitrogens with one attached hydrogen (secondary N) is 1. The van der Waals surface area contributed by atoms with Crippen LogP contribution >= 0.6 is 0 Å². The molecule has 2 aliphatic rings. The van der Waals surface area contributed by atoms with Crippen molar-refractivity contribution in [1.29, 1.82) is 0 Å². The van der Waals surface area contributed by atoms with E-state index >= 15 is 0 Å². The van der Waals surface area contributed by atoms with Gasteiger partial charge in [-0.25, -0.2) is 4.79 Å². The molecule has 1 amide bonds. The minimum atomic E-state index is -0.468. The van der Waals surface area contributed by atoms with Gasteiger partial charge in [0.05, 0.1) is 12.6 Å². The van der Waals surface area contributed by atoms with Crippen molar-refractivity contribution in [3.8, 4) is 0 Å². The van der Waals surface area contributed by atoms with E-state index in [1.165, 1.54) is 32.1 Å². The minimum absolute atomic E-state index is 0.0836. The zero-order chi connectivity index (χ0) is 17.6. The van der Waals surface area contributed by atoms with Crippen LogP contribution in [0, 0.1) is 0 Å². The van der Waals surface area contributed by atoms with E-state index in [2.05, 4.69) is 10.3 Å². The van der Waals surface area contributed by atoms with Crippen LogP contribution < -0.4 is 11.1 Å². The monoisotopic (exact) mass is 338 g/mol. The van der Waals surface area contributed by atoms with E-state index in [0.717, 1.165) is 25.8 Å². The maximum Gasteiger partial charge on any atom is 0.410 e. The van der Waals surface area contributed by atoms with Gasteiger partial charge in [0.15, 0.2) is 5.96 Å². The summed E-state index contributed by atoms with van der Waals surface area (Å²) in [5, 5.41) is 3.33. The summed E-state index contributed by atoms with van der Waals surface area (Å²) < 4.78 is 5.53. The van der Waals surface area contributed by atoms with E-state index in [1.54, 1.807) is 0 Å². The largest absolute Gasteiger partial charge is 0.444 e. The van der Waals surface area contributed by atoms with Gasteiger partial charge in [0, 0.05) is 12.6 Å². The Kier molecular flexibility index (Phi) is 6.75. The molecule has 1 aliphatic heterocycles. The Morgan fingerprint density at radius 1 is 1.17 bits per heavy atom. The number of guanidine groups is 1. The number of likely N-dealkylation sites (tertiary alicyclic amines) is 1. The van der Waals surface area contributed by atoms with Gasteiger partial charge >= 0.3 is 6.09 Å². The summed E-state index contributed by atoms with van der Waals surface area (Å²) in [4.78, 5) is 18.7. The average Bonchev–Trinajstić information content (AvgIpc) is 2.52. The van der Waals surface area contributed by atoms with Crippen molar-refractivity contribution in [2.24, 2.45) is 10.7 Å². The van der Waals surface area contributed by atoms with Gasteiger partial charge in [-0.05, 0) is 52.9 Å². The molecule has 0 aromatic heterocycles. The molecule has 0 bridgehead atoms. The van der Waals surface area contributed by atoms with Crippen LogP contribution in [0.5, 0.6) is 0 Å². The minimum Gasteiger partial charge on any atom is -0.444 e. The molecule has 1 saturated heterocycles. The fraction of sp³-hybridized carbons (Fsp3) is 0.889. The van der Waals surface area contributed by atoms with Crippen LogP contribution in [0.25, 0.3) is 0 Å². The molecule has 1 heterocycles. The second-order valence-electron chi connectivity index (χ2n) is 8.03. The highest BCUT2D eigenvalue weighted by Crippen LogP contribution is 2.21. The molecule has 0 aromatic rings. The van der Waals surface area contributed by atoms with Gasteiger partial charge in [0.2, 0.25) is 0 Å². The second-order valence-corrected chi connectivity index (χ2v) is 8.03. The number of ether oxygens (including phenoxy) is 1. The van der Waals surface area contributed by atoms with Crippen molar-refractivity contribution >= 4 is 12.1 Å². The van der Waals surface area contributed by atoms with Crippen LogP contribution in [0.15, 0.2) is 4.99 Å². The van der Waals surface area contributed by atoms with Gasteiger partial charge in [-0.15, -0.1) is 0 Å². The predicted molar refractivity (Wildman–Crippen MR) is 97.1 cm³/mol. The van der Waals surface area contributed by atoms with E-state index < -0.39 is 5.60 Å². The number of amides is 1. The molecule has 6 heteroatoms. The normalized spacial score (nSPS) is 23.9. The zero-order valence-corrected chi connectivity index (χ0v) is 15.5. The van der Waals surface area contributed by atoms with Crippen LogP contribution in [-0.4, -0.2) is 47.7 Å². The maximum absolute atomic E-state index is 12.4. The summed E-state index contributed by atoms with van der Waals surface area (Å²) in [7, 11) is 0. The van der Waals surface area contributed by atoms with Crippen molar-refractivity contribution in [2.75, 3.05) is 13.1 Å². The first-order chi connectivity index (χ1) is 11.3. The third-order valence-electron chi connectivity index (χ3n) is 4.68. The number of rotatable bonds is 3. The molecule has 24 heavy (non-hydrogen) atoms. The molecular formula is C18H34N4O2. The quantitative estimate of drug-likeness (QED) is 0.612. The highest BCUT2D eigenvalue weighted by Gasteiger charge is 2.30. The van der Waals surface area contributed by atoms with Crippen LogP contribution in [0.2, 0.25) is 0 Å². The Labute approximate surface area is 146 Å². The lowest BCUT2D eigenvalue weighted by Gasteiger charge is -2.36. The lowest BCUT2D eigenvalue weighted by atomic mass is 9.96. The number of hydrogen-bond acceptors (Lipinski definition) is 3. The topological polar surface area (TPSA) is 80.0 Å². The third-order valence-corrected chi connectivity index (χ3v) is 4.68. The molecule has 1 atom stereocenters. The Bertz CT molecular complexity index is 439. The van der Waals surface area contributed by atoms with E-state index in [9.17, 15) is 4.79 Å². The number of carbonyl (C=O) groups excluding carboxylic acids is 1. The summed E-state index contributed by atoms with van der Waals surface area (Å²) in [6.07, 6.45) is 9.06. The Morgan fingerprint density at radius 2 is 1.83 bits per heavy atom. The van der Waals surface area contributed by atoms with Gasteiger partial charge in [-0.3, -0.25) is 4.99 Å². The SMILES string of the molecule is CC(C)(C)OC(=O)N1CCCCC1CN=C(N)NC1CCCCC1. The Balaban J connectivity index is 1.87. The van der Waals surface area contributed by atoms with E-state index in [0.29, 0.717) is 18.5 Å². The number of piperidine rings is 1. The number of aliphatic imine (C=N–C) groups is 1. The van der Waals surface area contributed by atoms with Gasteiger partial charge in [0.1, 0.15) is 5.60 Å². The van der Waals surface area contributed by atoms with Crippen molar-refractivity contribution in [3.63, 3.8) is 0 Å². The maximum atomic E-state index is 12.4. The first-order valence-corrected chi connectivity index (χ1v) is 9.41. The predicted octanol–water partition coefficient (Wildman–Crippen LogP) is 3.01. The summed E-state index contributed by atoms with van der Waals surface area (Å²) in [5.74, 6) is 0.511. The van der Waals surface area contributed by atoms with Crippen molar-refractivity contribution in [2.45, 2.75) is 89.8 Å². The van der Waals surface area contributed by atoms with Crippen molar-refractivity contribution in [1.82, 2.24) is 10.2 Å². The first-order valence-electron chi connectivity index (χ1n) is 9.41. The van der Waals surface area contributed by atoms with Crippen LogP contribution in [-0.2, 0) is 4.74 Å². The molecule has 2 rings (SSSR count). The van der Waals surface area contributed by atoms with Crippen LogP contribution in [0.1, 0.15) is 72.1 Å². The fourth-order valence-corrected chi connectivity index (χ4v) is 3.46. The summed E-state index contributed by atoms with van der Waals surface area (Å²) >= 11 is 0. The summed E-state index contributed by atoms with van der Waals surface area (Å²) in [6.45, 7) is 6.98. The third kappa shape index (κ3) is 6.21. The van der Waals surface area contributed by atoms with Crippen molar-refractivity contribution in [3.05, 3.63) is 0 Å². The van der Waals surface area contributed by atoms with E-state index in [-0.39, 0.29) is 12.1 Å². The lowest BCUT2D eigenvalue weighted by Crippen LogP contribution is -2.48. The smallest absolute Gasteiger partial charge is 0.410 e. The molecule has 1 aliphatic carbocycles. The Hall–Kier alpha value is -1.46. The molecule has 1 unspecified atom stereocenters. The molecule has 0 radical (unpaired) electrons. The molecule has 138 valence electrons. The van der Waals surface area contributed by atoms with Gasteiger partial charge in [-0.2, -0.15) is 0 Å². The standard InChI is InChI=1S/C18H34N4O2/c1-18(2,3)24-17(23)22-12-8-7-11-15(22)13-20-16(19)21-14-9-5-4-6-10-14/h14-15H,4-13H2,1-3H3,(H3,19,20,21). The molecule has 0 spiro atoms. The van der Waals surface area contributed by atoms with E-state index in [1.807, 2.05) is 25.7 Å². The molecule has 3 N–H and O–H groups in total. The number of hydrogen-bond donors (Lipinski definition) is 2. The molecule has 6 nitrogen and oxygen atoms in total. The number of carbonyl (C=O) groups is 1. The average molecular weight is 338 g/mol. The second kappa shape index (κ2) is 8.58. The first kappa shape index (κ1) is 18.9. The number of nitrogens with zero attached hydrogens (tertiary/aromatic N) is 2. The van der Waals surface area contributed by atoms with Crippen LogP contribution in [0.3, 0.4) is 0 Å². The van der Waals surface area contributed by atoms with E-state index in [4.69, 9.17) is 10.5 Å². The number of nitrogens with two attached hydrogens (primary N) is 1. The van der Waals surface area contributed by atoms with Crippen molar-refractivity contribution < 1.29 is 9.53 Å². The highest BCUT2D eigenvalue weighted by molar-refractivity contribution is 5.78. The molecule has 1 saturated carbocycles. The summed E-state index contributed by atoms with van der Waals surface area (Å²) in [5.41, 5.74) is 5.58. The van der Waals surface area contributed by atoms with Gasteiger partial charge in [-0.1, -0.05) is 19.3 Å².